The molecule has 8 nitrogen and oxygen atoms in total. The highest BCUT2D eigenvalue weighted by Gasteiger charge is 2.33. The van der Waals surface area contributed by atoms with Crippen LogP contribution in [0.1, 0.15) is 29.7 Å². The molecule has 0 bridgehead atoms. The first-order valence-electron chi connectivity index (χ1n) is 12.8. The first kappa shape index (κ1) is 29.1. The van der Waals surface area contributed by atoms with Gasteiger partial charge in [-0.3, -0.25) is 9.69 Å². The summed E-state index contributed by atoms with van der Waals surface area (Å²) >= 11 is 1.19. The Morgan fingerprint density at radius 1 is 1.10 bits per heavy atom. The Morgan fingerprint density at radius 3 is 2.48 bits per heavy atom. The molecule has 1 atom stereocenters. The second-order valence-electron chi connectivity index (χ2n) is 9.57. The number of aromatic nitrogens is 2. The van der Waals surface area contributed by atoms with Gasteiger partial charge in [0, 0.05) is 35.8 Å². The number of hydrogen-bond acceptors (Lipinski definition) is 5. The van der Waals surface area contributed by atoms with Crippen LogP contribution >= 0.6 is 11.8 Å². The lowest BCUT2D eigenvalue weighted by Gasteiger charge is -2.23. The minimum Gasteiger partial charge on any atom is -0.377 e. The Balaban J connectivity index is 1.29. The summed E-state index contributed by atoms with van der Waals surface area (Å²) in [7, 11) is 1.59. The number of urea groups is 1. The number of amides is 3. The topological polar surface area (TPSA) is 88.8 Å². The van der Waals surface area contributed by atoms with Gasteiger partial charge in [0.1, 0.15) is 0 Å². The number of ether oxygens (including phenoxy) is 1. The van der Waals surface area contributed by atoms with E-state index < -0.39 is 17.8 Å². The molecule has 0 radical (unpaired) electrons. The molecule has 0 spiro atoms. The van der Waals surface area contributed by atoms with Crippen molar-refractivity contribution in [2.75, 3.05) is 23.1 Å². The summed E-state index contributed by atoms with van der Waals surface area (Å²) in [5.41, 5.74) is 4.04. The molecule has 42 heavy (non-hydrogen) atoms. The maximum Gasteiger partial charge on any atom is 0.416 e. The van der Waals surface area contributed by atoms with Gasteiger partial charge in [0.25, 0.3) is 0 Å². The van der Waals surface area contributed by atoms with Gasteiger partial charge in [-0.15, -0.1) is 0 Å². The van der Waals surface area contributed by atoms with Crippen molar-refractivity contribution >= 4 is 40.2 Å². The molecule has 12 heteroatoms. The number of nitrogens with zero attached hydrogens (tertiary/aromatic N) is 4. The summed E-state index contributed by atoms with van der Waals surface area (Å²) in [6.07, 6.45) is -1.45. The number of hydrogen-bond donors (Lipinski definition) is 1. The highest BCUT2D eigenvalue weighted by atomic mass is 32.2. The van der Waals surface area contributed by atoms with E-state index in [4.69, 9.17) is 4.74 Å². The number of nitrogens with one attached hydrogen (secondary N) is 1. The number of methoxy groups -OCH3 is 1. The van der Waals surface area contributed by atoms with E-state index in [-0.39, 0.29) is 22.9 Å². The second-order valence-corrected chi connectivity index (χ2v) is 10.5. The van der Waals surface area contributed by atoms with Crippen molar-refractivity contribution in [1.29, 1.82) is 0 Å². The molecule has 3 amide bonds. The minimum atomic E-state index is -4.40. The summed E-state index contributed by atoms with van der Waals surface area (Å²) < 4.78 is 45.7. The van der Waals surface area contributed by atoms with Crippen LogP contribution in [0.4, 0.5) is 29.3 Å². The number of anilines is 2. The van der Waals surface area contributed by atoms with Crippen LogP contribution in [0.15, 0.2) is 84.2 Å². The average Bonchev–Trinajstić information content (AvgIpc) is 3.59. The highest BCUT2D eigenvalue weighted by Crippen LogP contribution is 2.35. The van der Waals surface area contributed by atoms with Gasteiger partial charge in [0.15, 0.2) is 5.17 Å². The second kappa shape index (κ2) is 11.8. The summed E-state index contributed by atoms with van der Waals surface area (Å²) in [4.78, 5) is 35.6. The molecule has 4 aromatic rings. The lowest BCUT2D eigenvalue weighted by atomic mass is 10.0. The summed E-state index contributed by atoms with van der Waals surface area (Å²) in [5.74, 6) is -0.0175. The number of imidazole rings is 1. The Labute approximate surface area is 244 Å². The zero-order valence-corrected chi connectivity index (χ0v) is 23.7. The van der Waals surface area contributed by atoms with Gasteiger partial charge in [-0.05, 0) is 61.9 Å². The van der Waals surface area contributed by atoms with Crippen molar-refractivity contribution in [2.24, 2.45) is 4.99 Å². The zero-order chi connectivity index (χ0) is 30.0. The highest BCUT2D eigenvalue weighted by molar-refractivity contribution is 8.15. The van der Waals surface area contributed by atoms with Gasteiger partial charge in [0.2, 0.25) is 5.91 Å². The minimum absolute atomic E-state index is 0.161. The SMILES string of the molecule is COC(C)c1ccc(C)cc1N1C(=O)CS/C1=N\C(=O)Nc1ccc(-c2cn(-c3ccc(C(F)(F)F)cc3)cn2)cc1. The molecule has 3 aromatic carbocycles. The average molecular weight is 594 g/mol. The molecule has 0 saturated carbocycles. The zero-order valence-electron chi connectivity index (χ0n) is 22.8. The van der Waals surface area contributed by atoms with E-state index in [0.717, 1.165) is 28.8 Å². The molecular weight excluding hydrogens is 567 g/mol. The molecule has 1 aromatic heterocycles. The van der Waals surface area contributed by atoms with E-state index in [1.807, 2.05) is 32.0 Å². The Hall–Kier alpha value is -4.42. The molecule has 1 saturated heterocycles. The van der Waals surface area contributed by atoms with Gasteiger partial charge in [-0.25, -0.2) is 9.78 Å². The Morgan fingerprint density at radius 2 is 1.81 bits per heavy atom. The monoisotopic (exact) mass is 593 g/mol. The maximum absolute atomic E-state index is 12.9. The van der Waals surface area contributed by atoms with E-state index in [0.29, 0.717) is 22.8 Å². The Bertz CT molecular complexity index is 1650. The maximum atomic E-state index is 12.9. The van der Waals surface area contributed by atoms with Crippen molar-refractivity contribution in [1.82, 2.24) is 9.55 Å². The molecular formula is C30H26F3N5O3S. The quantitative estimate of drug-likeness (QED) is 0.255. The van der Waals surface area contributed by atoms with E-state index in [2.05, 4.69) is 15.3 Å². The number of alkyl halides is 3. The van der Waals surface area contributed by atoms with Crippen molar-refractivity contribution in [3.05, 3.63) is 95.9 Å². The van der Waals surface area contributed by atoms with Gasteiger partial charge in [0.05, 0.1) is 35.1 Å². The van der Waals surface area contributed by atoms with Crippen LogP contribution in [0.3, 0.4) is 0 Å². The van der Waals surface area contributed by atoms with Crippen LogP contribution < -0.4 is 10.2 Å². The number of benzene rings is 3. The van der Waals surface area contributed by atoms with E-state index in [1.54, 1.807) is 42.1 Å². The number of carbonyl (C=O) groups excluding carboxylic acids is 2. The van der Waals surface area contributed by atoms with Crippen LogP contribution in [-0.4, -0.2) is 39.5 Å². The third kappa shape index (κ3) is 6.24. The third-order valence-electron chi connectivity index (χ3n) is 6.69. The number of amidine groups is 1. The van der Waals surface area contributed by atoms with Gasteiger partial charge in [-0.1, -0.05) is 36.0 Å². The number of rotatable bonds is 6. The van der Waals surface area contributed by atoms with Crippen molar-refractivity contribution < 1.29 is 27.5 Å². The molecule has 1 aliphatic rings. The first-order chi connectivity index (χ1) is 20.0. The predicted octanol–water partition coefficient (Wildman–Crippen LogP) is 7.24. The summed E-state index contributed by atoms with van der Waals surface area (Å²) in [6, 6.07) is 16.8. The number of thioether (sulfide) groups is 1. The van der Waals surface area contributed by atoms with Gasteiger partial charge >= 0.3 is 12.2 Å². The fourth-order valence-corrected chi connectivity index (χ4v) is 5.26. The number of aryl methyl sites for hydroxylation is 1. The van der Waals surface area contributed by atoms with Gasteiger partial charge in [-0.2, -0.15) is 18.2 Å². The normalized spacial score (nSPS) is 15.3. The predicted molar refractivity (Wildman–Crippen MR) is 157 cm³/mol. The lowest BCUT2D eigenvalue weighted by Crippen LogP contribution is -2.31. The molecule has 1 unspecified atom stereocenters. The van der Waals surface area contributed by atoms with E-state index in [9.17, 15) is 22.8 Å². The third-order valence-corrected chi connectivity index (χ3v) is 7.61. The lowest BCUT2D eigenvalue weighted by molar-refractivity contribution is -0.137. The number of carbonyl (C=O) groups is 2. The van der Waals surface area contributed by atoms with Crippen LogP contribution in [0.2, 0.25) is 0 Å². The van der Waals surface area contributed by atoms with E-state index >= 15 is 0 Å². The molecule has 216 valence electrons. The largest absolute Gasteiger partial charge is 0.416 e. The summed E-state index contributed by atoms with van der Waals surface area (Å²) in [6.45, 7) is 3.80. The molecule has 1 N–H and O–H groups in total. The van der Waals surface area contributed by atoms with Crippen molar-refractivity contribution in [3.63, 3.8) is 0 Å². The number of aliphatic imine (C=N–C) groups is 1. The van der Waals surface area contributed by atoms with Crippen LogP contribution in [0.5, 0.6) is 0 Å². The van der Waals surface area contributed by atoms with Crippen molar-refractivity contribution in [2.45, 2.75) is 26.1 Å². The summed E-state index contributed by atoms with van der Waals surface area (Å²) in [5, 5.41) is 3.00. The molecule has 1 fully saturated rings. The Kier molecular flexibility index (Phi) is 8.19. The smallest absolute Gasteiger partial charge is 0.377 e. The van der Waals surface area contributed by atoms with Crippen LogP contribution in [-0.2, 0) is 15.7 Å². The first-order valence-corrected chi connectivity index (χ1v) is 13.8. The standard InChI is InChI=1S/C30H26F3N5O3S/c1-18-4-13-24(19(2)41-3)26(14-18)38-27(39)16-42-29(38)36-28(40)35-22-9-5-20(6-10-22)25-15-37(17-34-25)23-11-7-21(8-12-23)30(31,32)33/h4-15,17,19H,16H2,1-3H3,(H,35,40)/b36-29-. The fraction of sp³-hybridized carbons (Fsp3) is 0.200. The molecule has 0 aliphatic carbocycles. The van der Waals surface area contributed by atoms with Gasteiger partial charge < -0.3 is 14.6 Å². The van der Waals surface area contributed by atoms with Crippen LogP contribution in [0, 0.1) is 6.92 Å². The van der Waals surface area contributed by atoms with Crippen LogP contribution in [0.25, 0.3) is 16.9 Å². The number of halogens is 3. The molecule has 2 heterocycles. The van der Waals surface area contributed by atoms with Crippen molar-refractivity contribution in [3.8, 4) is 16.9 Å². The van der Waals surface area contributed by atoms with E-state index in [1.165, 1.54) is 35.1 Å². The molecule has 1 aliphatic heterocycles. The fourth-order valence-electron chi connectivity index (χ4n) is 4.40. The molecule has 5 rings (SSSR count).